The van der Waals surface area contributed by atoms with Crippen molar-refractivity contribution in [3.05, 3.63) is 0 Å². The maximum atomic E-state index is 5.51. The fraction of sp³-hybridized carbons (Fsp3) is 0.923. The van der Waals surface area contributed by atoms with Gasteiger partial charge in [-0.2, -0.15) is 0 Å². The number of hydrogen-bond donors (Lipinski definition) is 3. The number of hydrogen-bond acceptors (Lipinski definition) is 2. The zero-order chi connectivity index (χ0) is 13.3. The quantitative estimate of drug-likeness (QED) is 0.470. The van der Waals surface area contributed by atoms with Crippen molar-refractivity contribution in [2.45, 2.75) is 59.5 Å². The lowest BCUT2D eigenvalue weighted by Gasteiger charge is -2.18. The van der Waals surface area contributed by atoms with Crippen LogP contribution in [0.2, 0.25) is 0 Å². The van der Waals surface area contributed by atoms with Gasteiger partial charge < -0.3 is 16.4 Å². The molecule has 0 rings (SSSR count). The molecule has 0 aliphatic heterocycles. The summed E-state index contributed by atoms with van der Waals surface area (Å²) in [6, 6.07) is 0.711. The molecule has 0 aromatic heterocycles. The van der Waals surface area contributed by atoms with Gasteiger partial charge in [0.15, 0.2) is 5.96 Å². The number of nitrogens with zero attached hydrogens (tertiary/aromatic N) is 1. The van der Waals surface area contributed by atoms with Crippen LogP contribution in [0.1, 0.15) is 47.5 Å². The van der Waals surface area contributed by atoms with Crippen molar-refractivity contribution >= 4 is 5.96 Å². The molecule has 0 saturated carbocycles. The molecule has 17 heavy (non-hydrogen) atoms. The summed E-state index contributed by atoms with van der Waals surface area (Å²) in [5, 5.41) is 6.73. The van der Waals surface area contributed by atoms with Gasteiger partial charge in [-0.15, -0.1) is 0 Å². The number of rotatable bonds is 7. The van der Waals surface area contributed by atoms with E-state index in [1.165, 1.54) is 6.42 Å². The van der Waals surface area contributed by atoms with E-state index in [4.69, 9.17) is 5.73 Å². The summed E-state index contributed by atoms with van der Waals surface area (Å²) in [6.45, 7) is 12.4. The molecule has 4 nitrogen and oxygen atoms in total. The maximum absolute atomic E-state index is 5.51. The largest absolute Gasteiger partial charge is 0.356 e. The highest BCUT2D eigenvalue weighted by atomic mass is 15.2. The number of aliphatic imine (C=N–C) groups is 1. The minimum absolute atomic E-state index is 0.308. The van der Waals surface area contributed by atoms with Crippen LogP contribution in [0.15, 0.2) is 4.99 Å². The third-order valence-electron chi connectivity index (χ3n) is 2.33. The van der Waals surface area contributed by atoms with Gasteiger partial charge in [0, 0.05) is 18.6 Å². The molecule has 1 unspecified atom stereocenters. The van der Waals surface area contributed by atoms with Crippen LogP contribution >= 0.6 is 0 Å². The monoisotopic (exact) mass is 242 g/mol. The molecule has 0 radical (unpaired) electrons. The maximum Gasteiger partial charge on any atom is 0.191 e. The van der Waals surface area contributed by atoms with Crippen LogP contribution in [0.4, 0.5) is 0 Å². The van der Waals surface area contributed by atoms with E-state index in [-0.39, 0.29) is 0 Å². The highest BCUT2D eigenvalue weighted by Crippen LogP contribution is 2.02. The second-order valence-electron chi connectivity index (χ2n) is 5.29. The molecule has 4 N–H and O–H groups in total. The first-order valence-corrected chi connectivity index (χ1v) is 6.74. The standard InChI is InChI=1S/C13H30N4/c1-10(2)16-13(17-11(3)4)15-9-12(5)7-6-8-14/h10-12H,6-9,14H2,1-5H3,(H2,15,16,17). The van der Waals surface area contributed by atoms with E-state index >= 15 is 0 Å². The van der Waals surface area contributed by atoms with E-state index in [1.54, 1.807) is 0 Å². The Morgan fingerprint density at radius 3 is 2.29 bits per heavy atom. The van der Waals surface area contributed by atoms with Gasteiger partial charge in [0.2, 0.25) is 0 Å². The molecule has 0 aliphatic carbocycles. The summed E-state index contributed by atoms with van der Waals surface area (Å²) in [5.74, 6) is 1.54. The molecule has 0 aromatic carbocycles. The molecule has 1 atom stereocenters. The molecule has 0 aromatic rings. The van der Waals surface area contributed by atoms with Crippen molar-refractivity contribution in [2.24, 2.45) is 16.6 Å². The molecular weight excluding hydrogens is 212 g/mol. The topological polar surface area (TPSA) is 62.4 Å². The lowest BCUT2D eigenvalue weighted by atomic mass is 10.1. The van der Waals surface area contributed by atoms with Gasteiger partial charge in [-0.3, -0.25) is 4.99 Å². The van der Waals surface area contributed by atoms with Crippen molar-refractivity contribution in [3.8, 4) is 0 Å². The Morgan fingerprint density at radius 2 is 1.82 bits per heavy atom. The van der Waals surface area contributed by atoms with Crippen LogP contribution in [-0.2, 0) is 0 Å². The molecule has 102 valence electrons. The summed E-state index contributed by atoms with van der Waals surface area (Å²) in [4.78, 5) is 4.54. The highest BCUT2D eigenvalue weighted by Gasteiger charge is 2.05. The molecular formula is C13H30N4. The van der Waals surface area contributed by atoms with E-state index in [0.717, 1.165) is 25.5 Å². The summed E-state index contributed by atoms with van der Waals surface area (Å²) < 4.78 is 0. The zero-order valence-electron chi connectivity index (χ0n) is 12.1. The van der Waals surface area contributed by atoms with Crippen LogP contribution in [0.5, 0.6) is 0 Å². The molecule has 4 heteroatoms. The average Bonchev–Trinajstić information content (AvgIpc) is 2.21. The first kappa shape index (κ1) is 16.2. The average molecular weight is 242 g/mol. The van der Waals surface area contributed by atoms with E-state index in [1.807, 2.05) is 0 Å². The van der Waals surface area contributed by atoms with Crippen molar-refractivity contribution in [1.29, 1.82) is 0 Å². The van der Waals surface area contributed by atoms with Gasteiger partial charge in [-0.25, -0.2) is 0 Å². The van der Waals surface area contributed by atoms with Gasteiger partial charge in [0.05, 0.1) is 0 Å². The van der Waals surface area contributed by atoms with E-state index in [2.05, 4.69) is 50.2 Å². The fourth-order valence-corrected chi connectivity index (χ4v) is 1.50. The normalized spacial score (nSPS) is 14.2. The van der Waals surface area contributed by atoms with Gasteiger partial charge in [-0.1, -0.05) is 6.92 Å². The predicted molar refractivity (Wildman–Crippen MR) is 76.3 cm³/mol. The van der Waals surface area contributed by atoms with E-state index < -0.39 is 0 Å². The van der Waals surface area contributed by atoms with Gasteiger partial charge in [0.25, 0.3) is 0 Å². The molecule has 0 spiro atoms. The van der Waals surface area contributed by atoms with Gasteiger partial charge in [0.1, 0.15) is 0 Å². The summed E-state index contributed by atoms with van der Waals surface area (Å²) >= 11 is 0. The number of guanidine groups is 1. The Hall–Kier alpha value is -0.770. The smallest absolute Gasteiger partial charge is 0.191 e. The molecule has 0 bridgehead atoms. The molecule has 0 heterocycles. The minimum Gasteiger partial charge on any atom is -0.356 e. The van der Waals surface area contributed by atoms with Crippen LogP contribution < -0.4 is 16.4 Å². The van der Waals surface area contributed by atoms with Gasteiger partial charge >= 0.3 is 0 Å². The Bertz CT molecular complexity index is 211. The molecule has 0 saturated heterocycles. The fourth-order valence-electron chi connectivity index (χ4n) is 1.50. The predicted octanol–water partition coefficient (Wildman–Crippen LogP) is 1.71. The highest BCUT2D eigenvalue weighted by molar-refractivity contribution is 5.80. The Morgan fingerprint density at radius 1 is 1.18 bits per heavy atom. The van der Waals surface area contributed by atoms with Crippen molar-refractivity contribution in [1.82, 2.24) is 10.6 Å². The molecule has 0 amide bonds. The first-order chi connectivity index (χ1) is 7.95. The second kappa shape index (κ2) is 9.28. The van der Waals surface area contributed by atoms with Crippen molar-refractivity contribution in [3.63, 3.8) is 0 Å². The SMILES string of the molecule is CC(CCCN)CN/C(=N\C(C)C)NC(C)C. The lowest BCUT2D eigenvalue weighted by Crippen LogP contribution is -2.43. The summed E-state index contributed by atoms with van der Waals surface area (Å²) in [7, 11) is 0. The van der Waals surface area contributed by atoms with E-state index in [9.17, 15) is 0 Å². The summed E-state index contributed by atoms with van der Waals surface area (Å²) in [6.07, 6.45) is 2.26. The third kappa shape index (κ3) is 10.1. The second-order valence-corrected chi connectivity index (χ2v) is 5.29. The Labute approximate surface area is 106 Å². The zero-order valence-corrected chi connectivity index (χ0v) is 12.1. The van der Waals surface area contributed by atoms with Crippen LogP contribution in [-0.4, -0.2) is 31.1 Å². The number of nitrogens with one attached hydrogen (secondary N) is 2. The van der Waals surface area contributed by atoms with Crippen LogP contribution in [0.25, 0.3) is 0 Å². The van der Waals surface area contributed by atoms with E-state index in [0.29, 0.717) is 18.0 Å². The first-order valence-electron chi connectivity index (χ1n) is 6.74. The third-order valence-corrected chi connectivity index (χ3v) is 2.33. The van der Waals surface area contributed by atoms with Crippen molar-refractivity contribution in [2.75, 3.05) is 13.1 Å². The van der Waals surface area contributed by atoms with Crippen LogP contribution in [0, 0.1) is 5.92 Å². The Kier molecular flexibility index (Phi) is 8.86. The lowest BCUT2D eigenvalue weighted by molar-refractivity contribution is 0.499. The summed E-state index contributed by atoms with van der Waals surface area (Å²) in [5.41, 5.74) is 5.51. The minimum atomic E-state index is 0.308. The molecule has 0 aliphatic rings. The Balaban J connectivity index is 4.07. The van der Waals surface area contributed by atoms with Crippen molar-refractivity contribution < 1.29 is 0 Å². The van der Waals surface area contributed by atoms with Gasteiger partial charge in [-0.05, 0) is 53.0 Å². The van der Waals surface area contributed by atoms with Crippen LogP contribution in [0.3, 0.4) is 0 Å². The number of nitrogens with two attached hydrogens (primary N) is 1. The molecule has 0 fully saturated rings.